The molecule has 0 radical (unpaired) electrons. The molecular weight excluding hydrogens is 358 g/mol. The van der Waals surface area contributed by atoms with Gasteiger partial charge in [-0.2, -0.15) is 4.98 Å². The second kappa shape index (κ2) is 7.38. The molecule has 1 N–H and O–H groups in total. The van der Waals surface area contributed by atoms with Crippen molar-refractivity contribution in [3.8, 4) is 11.4 Å². The van der Waals surface area contributed by atoms with Gasteiger partial charge in [0.15, 0.2) is 0 Å². The maximum absolute atomic E-state index is 12.7. The van der Waals surface area contributed by atoms with Gasteiger partial charge in [-0.05, 0) is 56.4 Å². The molecule has 3 heterocycles. The first kappa shape index (κ1) is 18.1. The Kier molecular flexibility index (Phi) is 4.77. The number of aromatic nitrogens is 4. The fourth-order valence-corrected chi connectivity index (χ4v) is 3.51. The maximum Gasteiger partial charge on any atom is 0.263 e. The van der Waals surface area contributed by atoms with Crippen molar-refractivity contribution in [2.24, 2.45) is 7.05 Å². The number of aryl methyl sites for hydroxylation is 1. The molecule has 3 aromatic rings. The van der Waals surface area contributed by atoms with Gasteiger partial charge in [-0.3, -0.25) is 14.6 Å². The Bertz CT molecular complexity index is 1070. The van der Waals surface area contributed by atoms with Crippen LogP contribution < -0.4 is 10.9 Å². The van der Waals surface area contributed by atoms with Crippen molar-refractivity contribution >= 4 is 5.91 Å². The normalized spacial score (nSPS) is 14.4. The van der Waals surface area contributed by atoms with E-state index in [4.69, 9.17) is 4.52 Å². The molecule has 8 heteroatoms. The number of nitrogens with zero attached hydrogens (tertiary/aromatic N) is 4. The molecule has 0 aromatic carbocycles. The van der Waals surface area contributed by atoms with Crippen molar-refractivity contribution in [1.29, 1.82) is 0 Å². The third kappa shape index (κ3) is 3.33. The fraction of sp³-hybridized carbons (Fsp3) is 0.350. The van der Waals surface area contributed by atoms with E-state index in [1.807, 2.05) is 6.07 Å². The first-order chi connectivity index (χ1) is 13.5. The number of pyridine rings is 2. The highest BCUT2D eigenvalue weighted by Gasteiger charge is 2.23. The van der Waals surface area contributed by atoms with Gasteiger partial charge in [0.25, 0.3) is 11.5 Å². The zero-order valence-corrected chi connectivity index (χ0v) is 15.8. The van der Waals surface area contributed by atoms with Crippen LogP contribution in [-0.4, -0.2) is 25.6 Å². The quantitative estimate of drug-likeness (QED) is 0.745. The lowest BCUT2D eigenvalue weighted by molar-refractivity contribution is 0.0930. The zero-order valence-electron chi connectivity index (χ0n) is 15.8. The van der Waals surface area contributed by atoms with E-state index in [1.165, 1.54) is 0 Å². The van der Waals surface area contributed by atoms with E-state index in [9.17, 15) is 9.59 Å². The van der Waals surface area contributed by atoms with Crippen LogP contribution in [0.25, 0.3) is 11.4 Å². The summed E-state index contributed by atoms with van der Waals surface area (Å²) < 4.78 is 6.87. The van der Waals surface area contributed by atoms with Gasteiger partial charge in [0.1, 0.15) is 11.6 Å². The molecule has 1 aliphatic rings. The van der Waals surface area contributed by atoms with Crippen molar-refractivity contribution in [3.05, 3.63) is 63.7 Å². The summed E-state index contributed by atoms with van der Waals surface area (Å²) in [5.41, 5.74) is 2.68. The summed E-state index contributed by atoms with van der Waals surface area (Å²) in [5, 5.41) is 6.72. The number of fused-ring (bicyclic) bond motifs is 1. The zero-order chi connectivity index (χ0) is 19.7. The predicted molar refractivity (Wildman–Crippen MR) is 102 cm³/mol. The molecule has 0 bridgehead atoms. The highest BCUT2D eigenvalue weighted by Crippen LogP contribution is 2.21. The van der Waals surface area contributed by atoms with Gasteiger partial charge in [-0.25, -0.2) is 0 Å². The van der Waals surface area contributed by atoms with Crippen molar-refractivity contribution < 1.29 is 9.32 Å². The summed E-state index contributed by atoms with van der Waals surface area (Å²) in [6.45, 7) is 1.74. The number of carbonyl (C=O) groups is 1. The van der Waals surface area contributed by atoms with Crippen LogP contribution in [0.3, 0.4) is 0 Å². The third-order valence-corrected chi connectivity index (χ3v) is 5.06. The van der Waals surface area contributed by atoms with E-state index in [0.717, 1.165) is 42.5 Å². The minimum Gasteiger partial charge on any atom is -0.340 e. The minimum atomic E-state index is -0.536. The van der Waals surface area contributed by atoms with Crippen molar-refractivity contribution in [2.75, 3.05) is 0 Å². The molecular formula is C20H21N5O3. The second-order valence-corrected chi connectivity index (χ2v) is 6.99. The number of hydrogen-bond donors (Lipinski definition) is 1. The van der Waals surface area contributed by atoms with Gasteiger partial charge in [0, 0.05) is 30.7 Å². The van der Waals surface area contributed by atoms with Crippen LogP contribution in [-0.2, 0) is 19.9 Å². The van der Waals surface area contributed by atoms with E-state index in [2.05, 4.69) is 20.4 Å². The Morgan fingerprint density at radius 3 is 2.93 bits per heavy atom. The molecule has 1 atom stereocenters. The minimum absolute atomic E-state index is 0.141. The Morgan fingerprint density at radius 1 is 1.32 bits per heavy atom. The highest BCUT2D eigenvalue weighted by atomic mass is 16.5. The average Bonchev–Trinajstić information content (AvgIpc) is 3.22. The van der Waals surface area contributed by atoms with Gasteiger partial charge in [0.05, 0.1) is 0 Å². The molecule has 1 aliphatic carbocycles. The molecule has 0 saturated carbocycles. The monoisotopic (exact) mass is 379 g/mol. The largest absolute Gasteiger partial charge is 0.340 e. The predicted octanol–water partition coefficient (Wildman–Crippen LogP) is 2.20. The van der Waals surface area contributed by atoms with Crippen LogP contribution in [0.4, 0.5) is 0 Å². The standard InChI is InChI=1S/C20H21N5O3/c1-12(19-23-17(24-28-19)14-7-5-9-21-11-14)22-18(26)15-10-13-6-3-4-8-16(13)25(2)20(15)27/h5,7,9-12H,3-4,6,8H2,1-2H3,(H,22,26)/t12-/m0/s1. The first-order valence-corrected chi connectivity index (χ1v) is 9.31. The van der Waals surface area contributed by atoms with Gasteiger partial charge in [-0.1, -0.05) is 5.16 Å². The third-order valence-electron chi connectivity index (χ3n) is 5.06. The molecule has 0 unspecified atom stereocenters. The summed E-state index contributed by atoms with van der Waals surface area (Å²) in [7, 11) is 1.73. The number of amides is 1. The SMILES string of the molecule is C[C@H](NC(=O)c1cc2c(n(C)c1=O)CCCC2)c1nc(-c2cccnc2)no1. The highest BCUT2D eigenvalue weighted by molar-refractivity contribution is 5.94. The lowest BCUT2D eigenvalue weighted by Gasteiger charge is -2.20. The van der Waals surface area contributed by atoms with Gasteiger partial charge in [0.2, 0.25) is 11.7 Å². The molecule has 8 nitrogen and oxygen atoms in total. The van der Waals surface area contributed by atoms with Crippen LogP contribution in [0, 0.1) is 0 Å². The Hall–Kier alpha value is -3.29. The molecule has 28 heavy (non-hydrogen) atoms. The number of nitrogens with one attached hydrogen (secondary N) is 1. The van der Waals surface area contributed by atoms with Crippen molar-refractivity contribution in [3.63, 3.8) is 0 Å². The van der Waals surface area contributed by atoms with Gasteiger partial charge >= 0.3 is 0 Å². The average molecular weight is 379 g/mol. The topological polar surface area (TPSA) is 103 Å². The Labute approximate surface area is 161 Å². The van der Waals surface area contributed by atoms with E-state index >= 15 is 0 Å². The summed E-state index contributed by atoms with van der Waals surface area (Å²) >= 11 is 0. The van der Waals surface area contributed by atoms with E-state index in [0.29, 0.717) is 5.82 Å². The van der Waals surface area contributed by atoms with Crippen LogP contribution in [0.1, 0.15) is 53.3 Å². The molecule has 0 saturated heterocycles. The summed E-state index contributed by atoms with van der Waals surface area (Å²) in [4.78, 5) is 33.7. The molecule has 1 amide bonds. The lowest BCUT2D eigenvalue weighted by atomic mass is 9.94. The number of carbonyl (C=O) groups excluding carboxylic acids is 1. The lowest BCUT2D eigenvalue weighted by Crippen LogP contribution is -2.35. The first-order valence-electron chi connectivity index (χ1n) is 9.31. The number of rotatable bonds is 4. The van der Waals surface area contributed by atoms with Gasteiger partial charge < -0.3 is 14.4 Å². The Balaban J connectivity index is 1.55. The molecule has 144 valence electrons. The van der Waals surface area contributed by atoms with E-state index < -0.39 is 11.9 Å². The Morgan fingerprint density at radius 2 is 2.14 bits per heavy atom. The molecule has 4 rings (SSSR count). The summed E-state index contributed by atoms with van der Waals surface area (Å²) in [6.07, 6.45) is 7.19. The summed E-state index contributed by atoms with van der Waals surface area (Å²) in [5.74, 6) is 0.221. The van der Waals surface area contributed by atoms with Crippen LogP contribution in [0.5, 0.6) is 0 Å². The van der Waals surface area contributed by atoms with E-state index in [-0.39, 0.29) is 17.0 Å². The molecule has 3 aromatic heterocycles. The molecule has 0 fully saturated rings. The van der Waals surface area contributed by atoms with Crippen molar-refractivity contribution in [2.45, 2.75) is 38.6 Å². The van der Waals surface area contributed by atoms with Crippen LogP contribution in [0.15, 0.2) is 39.9 Å². The smallest absolute Gasteiger partial charge is 0.263 e. The fourth-order valence-electron chi connectivity index (χ4n) is 3.51. The molecule has 0 aliphatic heterocycles. The van der Waals surface area contributed by atoms with Crippen molar-refractivity contribution in [1.82, 2.24) is 25.0 Å². The van der Waals surface area contributed by atoms with E-state index in [1.54, 1.807) is 43.1 Å². The molecule has 0 spiro atoms. The summed E-state index contributed by atoms with van der Waals surface area (Å²) in [6, 6.07) is 4.80. The number of hydrogen-bond acceptors (Lipinski definition) is 6. The van der Waals surface area contributed by atoms with Crippen LogP contribution >= 0.6 is 0 Å². The van der Waals surface area contributed by atoms with Gasteiger partial charge in [-0.15, -0.1) is 0 Å². The second-order valence-electron chi connectivity index (χ2n) is 6.99. The maximum atomic E-state index is 12.7. The van der Waals surface area contributed by atoms with Crippen LogP contribution in [0.2, 0.25) is 0 Å².